The molecule has 0 bridgehead atoms. The van der Waals surface area contributed by atoms with Gasteiger partial charge in [-0.1, -0.05) is 6.07 Å². The van der Waals surface area contributed by atoms with Gasteiger partial charge >= 0.3 is 5.97 Å². The maximum atomic E-state index is 11.0. The largest absolute Gasteiger partial charge is 0.478 e. The molecular formula is C14H11N3O2. The van der Waals surface area contributed by atoms with Gasteiger partial charge in [0.1, 0.15) is 11.8 Å². The van der Waals surface area contributed by atoms with Crippen molar-refractivity contribution in [3.63, 3.8) is 0 Å². The van der Waals surface area contributed by atoms with Crippen LogP contribution in [0.5, 0.6) is 0 Å². The second-order valence-corrected chi connectivity index (χ2v) is 4.00. The Morgan fingerprint density at radius 3 is 2.63 bits per heavy atom. The minimum atomic E-state index is -0.959. The maximum Gasteiger partial charge on any atom is 0.336 e. The van der Waals surface area contributed by atoms with E-state index in [1.807, 2.05) is 6.07 Å². The minimum absolute atomic E-state index is 0.256. The van der Waals surface area contributed by atoms with Gasteiger partial charge in [0.2, 0.25) is 0 Å². The van der Waals surface area contributed by atoms with Crippen LogP contribution < -0.4 is 5.32 Å². The van der Waals surface area contributed by atoms with E-state index in [0.29, 0.717) is 22.6 Å². The van der Waals surface area contributed by atoms with E-state index in [0.717, 1.165) is 0 Å². The summed E-state index contributed by atoms with van der Waals surface area (Å²) in [5, 5.41) is 20.7. The quantitative estimate of drug-likeness (QED) is 0.878. The van der Waals surface area contributed by atoms with Crippen molar-refractivity contribution in [1.82, 2.24) is 4.98 Å². The van der Waals surface area contributed by atoms with Crippen molar-refractivity contribution in [2.45, 2.75) is 6.92 Å². The molecule has 0 amide bonds. The number of pyridine rings is 1. The van der Waals surface area contributed by atoms with Crippen LogP contribution in [-0.2, 0) is 0 Å². The highest BCUT2D eigenvalue weighted by molar-refractivity contribution is 5.90. The lowest BCUT2D eigenvalue weighted by atomic mass is 10.1. The van der Waals surface area contributed by atoms with Crippen molar-refractivity contribution < 1.29 is 9.90 Å². The van der Waals surface area contributed by atoms with E-state index in [-0.39, 0.29) is 5.56 Å². The highest BCUT2D eigenvalue weighted by atomic mass is 16.4. The molecule has 2 N–H and O–H groups in total. The Kier molecular flexibility index (Phi) is 3.44. The SMILES string of the molecule is Cc1ccc(Nc2ccc(C#N)nc2)cc1C(=O)O. The Balaban J connectivity index is 2.25. The Morgan fingerprint density at radius 1 is 1.32 bits per heavy atom. The summed E-state index contributed by atoms with van der Waals surface area (Å²) in [4.78, 5) is 15.0. The van der Waals surface area contributed by atoms with Crippen molar-refractivity contribution >= 4 is 17.3 Å². The summed E-state index contributed by atoms with van der Waals surface area (Å²) in [7, 11) is 0. The number of aromatic carboxylic acids is 1. The number of aromatic nitrogens is 1. The van der Waals surface area contributed by atoms with E-state index in [9.17, 15) is 4.79 Å². The molecule has 0 radical (unpaired) electrons. The molecular weight excluding hydrogens is 242 g/mol. The number of carboxylic acids is 1. The fraction of sp³-hybridized carbons (Fsp3) is 0.0714. The third-order valence-electron chi connectivity index (χ3n) is 2.63. The van der Waals surface area contributed by atoms with E-state index in [2.05, 4.69) is 10.3 Å². The number of nitrogens with one attached hydrogen (secondary N) is 1. The molecule has 2 aromatic rings. The lowest BCUT2D eigenvalue weighted by Gasteiger charge is -2.08. The van der Waals surface area contributed by atoms with Gasteiger partial charge in [0.25, 0.3) is 0 Å². The molecule has 2 rings (SSSR count). The highest BCUT2D eigenvalue weighted by Crippen LogP contribution is 2.19. The number of hydrogen-bond donors (Lipinski definition) is 2. The molecule has 0 fully saturated rings. The molecule has 1 heterocycles. The van der Waals surface area contributed by atoms with Crippen molar-refractivity contribution in [1.29, 1.82) is 5.26 Å². The number of nitrogens with zero attached hydrogens (tertiary/aromatic N) is 2. The zero-order chi connectivity index (χ0) is 13.8. The molecule has 5 nitrogen and oxygen atoms in total. The van der Waals surface area contributed by atoms with Crippen LogP contribution in [0.1, 0.15) is 21.6 Å². The van der Waals surface area contributed by atoms with Crippen molar-refractivity contribution in [2.75, 3.05) is 5.32 Å². The van der Waals surface area contributed by atoms with Gasteiger partial charge in [-0.15, -0.1) is 0 Å². The zero-order valence-corrected chi connectivity index (χ0v) is 10.2. The topological polar surface area (TPSA) is 86.0 Å². The van der Waals surface area contributed by atoms with Crippen molar-refractivity contribution in [3.8, 4) is 6.07 Å². The molecule has 0 unspecified atom stereocenters. The molecule has 0 saturated carbocycles. The average Bonchev–Trinajstić information content (AvgIpc) is 2.41. The molecule has 0 spiro atoms. The monoisotopic (exact) mass is 253 g/mol. The third-order valence-corrected chi connectivity index (χ3v) is 2.63. The number of carbonyl (C=O) groups is 1. The van der Waals surface area contributed by atoms with E-state index in [1.165, 1.54) is 6.20 Å². The number of nitriles is 1. The summed E-state index contributed by atoms with van der Waals surface area (Å²) in [6, 6.07) is 10.3. The predicted octanol–water partition coefficient (Wildman–Crippen LogP) is 2.70. The van der Waals surface area contributed by atoms with Crippen molar-refractivity contribution in [3.05, 3.63) is 53.3 Å². The van der Waals surface area contributed by atoms with Crippen LogP contribution in [0.3, 0.4) is 0 Å². The summed E-state index contributed by atoms with van der Waals surface area (Å²) in [5.74, 6) is -0.959. The lowest BCUT2D eigenvalue weighted by molar-refractivity contribution is 0.0696. The molecule has 0 atom stereocenters. The summed E-state index contributed by atoms with van der Waals surface area (Å²) >= 11 is 0. The number of anilines is 2. The molecule has 19 heavy (non-hydrogen) atoms. The van der Waals surface area contributed by atoms with E-state index >= 15 is 0 Å². The molecule has 94 valence electrons. The Bertz CT molecular complexity index is 657. The van der Waals surface area contributed by atoms with Gasteiger partial charge < -0.3 is 10.4 Å². The Morgan fingerprint density at radius 2 is 2.05 bits per heavy atom. The second-order valence-electron chi connectivity index (χ2n) is 4.00. The van der Waals surface area contributed by atoms with Crippen molar-refractivity contribution in [2.24, 2.45) is 0 Å². The van der Waals surface area contributed by atoms with Gasteiger partial charge in [0.05, 0.1) is 17.4 Å². The van der Waals surface area contributed by atoms with Gasteiger partial charge in [-0.25, -0.2) is 9.78 Å². The number of carboxylic acid groups (broad SMARTS) is 1. The Hall–Kier alpha value is -2.87. The first kappa shape index (κ1) is 12.6. The van der Waals surface area contributed by atoms with Crippen LogP contribution in [0.25, 0.3) is 0 Å². The van der Waals surface area contributed by atoms with Crippen LogP contribution in [0.4, 0.5) is 11.4 Å². The third kappa shape index (κ3) is 2.87. The van der Waals surface area contributed by atoms with Crippen LogP contribution in [0.15, 0.2) is 36.5 Å². The fourth-order valence-electron chi connectivity index (χ4n) is 1.63. The first-order chi connectivity index (χ1) is 9.10. The summed E-state index contributed by atoms with van der Waals surface area (Å²) in [6.45, 7) is 1.75. The summed E-state index contributed by atoms with van der Waals surface area (Å²) in [6.07, 6.45) is 1.53. The van der Waals surface area contributed by atoms with Gasteiger partial charge in [0, 0.05) is 5.69 Å². The summed E-state index contributed by atoms with van der Waals surface area (Å²) in [5.41, 5.74) is 2.65. The molecule has 0 aliphatic heterocycles. The van der Waals surface area contributed by atoms with E-state index in [4.69, 9.17) is 10.4 Å². The standard InChI is InChI=1S/C14H11N3O2/c1-9-2-3-10(6-13(9)14(18)19)17-12-5-4-11(7-15)16-8-12/h2-6,8,17H,1H3,(H,18,19). The molecule has 0 aliphatic carbocycles. The van der Waals surface area contributed by atoms with Crippen LogP contribution >= 0.6 is 0 Å². The second kappa shape index (κ2) is 5.19. The number of aryl methyl sites for hydroxylation is 1. The smallest absolute Gasteiger partial charge is 0.336 e. The molecule has 1 aromatic heterocycles. The van der Waals surface area contributed by atoms with Gasteiger partial charge in [-0.2, -0.15) is 5.26 Å². The zero-order valence-electron chi connectivity index (χ0n) is 10.2. The fourth-order valence-corrected chi connectivity index (χ4v) is 1.63. The molecule has 0 saturated heterocycles. The average molecular weight is 253 g/mol. The molecule has 1 aromatic carbocycles. The normalized spacial score (nSPS) is 9.68. The number of rotatable bonds is 3. The molecule has 5 heteroatoms. The van der Waals surface area contributed by atoms with Crippen LogP contribution in [0.2, 0.25) is 0 Å². The van der Waals surface area contributed by atoms with Crippen LogP contribution in [0, 0.1) is 18.3 Å². The highest BCUT2D eigenvalue weighted by Gasteiger charge is 2.07. The predicted molar refractivity (Wildman–Crippen MR) is 70.4 cm³/mol. The van der Waals surface area contributed by atoms with E-state index < -0.39 is 5.97 Å². The summed E-state index contributed by atoms with van der Waals surface area (Å²) < 4.78 is 0. The maximum absolute atomic E-state index is 11.0. The van der Waals surface area contributed by atoms with Gasteiger partial charge in [-0.3, -0.25) is 0 Å². The van der Waals surface area contributed by atoms with Gasteiger partial charge in [-0.05, 0) is 36.8 Å². The van der Waals surface area contributed by atoms with E-state index in [1.54, 1.807) is 37.3 Å². The van der Waals surface area contributed by atoms with Crippen LogP contribution in [-0.4, -0.2) is 16.1 Å². The Labute approximate surface area is 110 Å². The first-order valence-electron chi connectivity index (χ1n) is 5.57. The number of benzene rings is 1. The first-order valence-corrected chi connectivity index (χ1v) is 5.57. The molecule has 0 aliphatic rings. The minimum Gasteiger partial charge on any atom is -0.478 e. The van der Waals surface area contributed by atoms with Gasteiger partial charge in [0.15, 0.2) is 0 Å². The lowest BCUT2D eigenvalue weighted by Crippen LogP contribution is -2.01. The number of hydrogen-bond acceptors (Lipinski definition) is 4.